The number of benzene rings is 1. The molecule has 1 saturated carbocycles. The Kier molecular flexibility index (Phi) is 5.19. The smallest absolute Gasteiger partial charge is 0.253 e. The summed E-state index contributed by atoms with van der Waals surface area (Å²) < 4.78 is 0.804. The lowest BCUT2D eigenvalue weighted by atomic mass is 9.84. The van der Waals surface area contributed by atoms with Crippen molar-refractivity contribution in [3.8, 4) is 6.07 Å². The lowest BCUT2D eigenvalue weighted by Gasteiger charge is -2.26. The van der Waals surface area contributed by atoms with Crippen molar-refractivity contribution in [3.63, 3.8) is 0 Å². The van der Waals surface area contributed by atoms with Crippen molar-refractivity contribution in [1.82, 2.24) is 5.32 Å². The first-order chi connectivity index (χ1) is 9.63. The molecule has 4 heteroatoms. The molecule has 0 bridgehead atoms. The van der Waals surface area contributed by atoms with Crippen LogP contribution >= 0.6 is 15.9 Å². The van der Waals surface area contributed by atoms with Crippen molar-refractivity contribution in [2.45, 2.75) is 45.1 Å². The molecule has 3 nitrogen and oxygen atoms in total. The highest BCUT2D eigenvalue weighted by Crippen LogP contribution is 2.27. The van der Waals surface area contributed by atoms with Crippen LogP contribution in [0.4, 0.5) is 0 Å². The van der Waals surface area contributed by atoms with Crippen molar-refractivity contribution < 1.29 is 4.79 Å². The lowest BCUT2D eigenvalue weighted by Crippen LogP contribution is -2.40. The molecule has 1 aliphatic carbocycles. The van der Waals surface area contributed by atoms with Gasteiger partial charge in [-0.15, -0.1) is 0 Å². The highest BCUT2D eigenvalue weighted by atomic mass is 79.9. The molecule has 20 heavy (non-hydrogen) atoms. The summed E-state index contributed by atoms with van der Waals surface area (Å²) in [6.45, 7) is 1.95. The maximum atomic E-state index is 12.3. The molecule has 1 atom stereocenters. The maximum Gasteiger partial charge on any atom is 0.253 e. The molecule has 1 fully saturated rings. The SMILES string of the molecule is Cc1cccc(C(=O)NC(C#N)C2CCCCC2)c1Br. The third-order valence-electron chi connectivity index (χ3n) is 3.98. The Balaban J connectivity index is 2.09. The number of carbonyl (C=O) groups excluding carboxylic acids is 1. The van der Waals surface area contributed by atoms with E-state index in [9.17, 15) is 10.1 Å². The highest BCUT2D eigenvalue weighted by molar-refractivity contribution is 9.10. The number of carbonyl (C=O) groups is 1. The molecule has 0 aliphatic heterocycles. The standard InChI is InChI=1S/C16H19BrN2O/c1-11-6-5-9-13(15(11)17)16(20)19-14(10-18)12-7-3-2-4-8-12/h5-6,9,12,14H,2-4,7-8H2,1H3,(H,19,20). The van der Waals surface area contributed by atoms with Gasteiger partial charge in [0, 0.05) is 4.47 Å². The second-order valence-corrected chi connectivity index (χ2v) is 6.21. The van der Waals surface area contributed by atoms with E-state index in [1.807, 2.05) is 19.1 Å². The van der Waals surface area contributed by atoms with Crippen LogP contribution in [0, 0.1) is 24.2 Å². The van der Waals surface area contributed by atoms with E-state index in [-0.39, 0.29) is 11.9 Å². The van der Waals surface area contributed by atoms with Gasteiger partial charge in [-0.2, -0.15) is 5.26 Å². The van der Waals surface area contributed by atoms with Gasteiger partial charge in [0.05, 0.1) is 11.6 Å². The zero-order chi connectivity index (χ0) is 14.5. The van der Waals surface area contributed by atoms with Crippen molar-refractivity contribution >= 4 is 21.8 Å². The highest BCUT2D eigenvalue weighted by Gasteiger charge is 2.25. The first-order valence-corrected chi connectivity index (χ1v) is 7.88. The first kappa shape index (κ1) is 15.1. The number of nitrogens with one attached hydrogen (secondary N) is 1. The van der Waals surface area contributed by atoms with Gasteiger partial charge in [-0.25, -0.2) is 0 Å². The Morgan fingerprint density at radius 1 is 1.40 bits per heavy atom. The molecule has 1 N–H and O–H groups in total. The second-order valence-electron chi connectivity index (χ2n) is 5.41. The number of nitriles is 1. The minimum Gasteiger partial charge on any atom is -0.336 e. The fourth-order valence-corrected chi connectivity index (χ4v) is 3.21. The normalized spacial score (nSPS) is 17.2. The molecule has 1 amide bonds. The van der Waals surface area contributed by atoms with E-state index in [1.165, 1.54) is 6.42 Å². The molecule has 0 spiro atoms. The summed E-state index contributed by atoms with van der Waals surface area (Å²) in [4.78, 5) is 12.3. The van der Waals surface area contributed by atoms with E-state index in [2.05, 4.69) is 27.3 Å². The number of hydrogen-bond donors (Lipinski definition) is 1. The molecule has 1 unspecified atom stereocenters. The van der Waals surface area contributed by atoms with Gasteiger partial charge in [0.2, 0.25) is 0 Å². The number of rotatable bonds is 3. The third-order valence-corrected chi connectivity index (χ3v) is 5.04. The molecule has 1 aromatic carbocycles. The molecule has 106 valence electrons. The fourth-order valence-electron chi connectivity index (χ4n) is 2.76. The van der Waals surface area contributed by atoms with Crippen molar-refractivity contribution in [2.24, 2.45) is 5.92 Å². The summed E-state index contributed by atoms with van der Waals surface area (Å²) >= 11 is 3.44. The van der Waals surface area contributed by atoms with Crippen LogP contribution in [-0.2, 0) is 0 Å². The van der Waals surface area contributed by atoms with Crippen LogP contribution < -0.4 is 5.32 Å². The molecule has 1 aromatic rings. The van der Waals surface area contributed by atoms with Crippen LogP contribution in [0.15, 0.2) is 22.7 Å². The molecule has 2 rings (SSSR count). The summed E-state index contributed by atoms with van der Waals surface area (Å²) in [6.07, 6.45) is 5.63. The van der Waals surface area contributed by atoms with Crippen LogP contribution in [-0.4, -0.2) is 11.9 Å². The number of hydrogen-bond acceptors (Lipinski definition) is 2. The number of halogens is 1. The van der Waals surface area contributed by atoms with E-state index < -0.39 is 0 Å². The predicted octanol–water partition coefficient (Wildman–Crippen LogP) is 3.96. The van der Waals surface area contributed by atoms with E-state index in [0.29, 0.717) is 11.5 Å². The van der Waals surface area contributed by atoms with Crippen molar-refractivity contribution in [1.29, 1.82) is 5.26 Å². The summed E-state index contributed by atoms with van der Waals surface area (Å²) in [6, 6.07) is 7.47. The van der Waals surface area contributed by atoms with Crippen LogP contribution in [0.25, 0.3) is 0 Å². The average Bonchev–Trinajstić information content (AvgIpc) is 2.48. The van der Waals surface area contributed by atoms with E-state index in [4.69, 9.17) is 0 Å². The first-order valence-electron chi connectivity index (χ1n) is 7.09. The zero-order valence-electron chi connectivity index (χ0n) is 11.7. The summed E-state index contributed by atoms with van der Waals surface area (Å²) in [5.74, 6) is 0.124. The Bertz CT molecular complexity index is 530. The third kappa shape index (κ3) is 3.40. The van der Waals surface area contributed by atoms with Crippen molar-refractivity contribution in [3.05, 3.63) is 33.8 Å². The number of nitrogens with zero attached hydrogens (tertiary/aromatic N) is 1. The monoisotopic (exact) mass is 334 g/mol. The average molecular weight is 335 g/mol. The summed E-state index contributed by atoms with van der Waals surface area (Å²) in [7, 11) is 0. The summed E-state index contributed by atoms with van der Waals surface area (Å²) in [5, 5.41) is 12.2. The molecular weight excluding hydrogens is 316 g/mol. The van der Waals surface area contributed by atoms with Gasteiger partial charge in [-0.3, -0.25) is 4.79 Å². The zero-order valence-corrected chi connectivity index (χ0v) is 13.2. The topological polar surface area (TPSA) is 52.9 Å². The molecule has 1 aliphatic rings. The number of aryl methyl sites for hydroxylation is 1. The van der Waals surface area contributed by atoms with Crippen molar-refractivity contribution in [2.75, 3.05) is 0 Å². The molecule has 0 radical (unpaired) electrons. The predicted molar refractivity (Wildman–Crippen MR) is 82.3 cm³/mol. The second kappa shape index (κ2) is 6.90. The van der Waals surface area contributed by atoms with Gasteiger partial charge in [0.1, 0.15) is 6.04 Å². The van der Waals surface area contributed by atoms with Gasteiger partial charge in [0.15, 0.2) is 0 Å². The van der Waals surface area contributed by atoms with Crippen LogP contribution in [0.2, 0.25) is 0 Å². The molecule has 0 heterocycles. The van der Waals surface area contributed by atoms with Gasteiger partial charge >= 0.3 is 0 Å². The Morgan fingerprint density at radius 2 is 2.10 bits per heavy atom. The largest absolute Gasteiger partial charge is 0.336 e. The minimum absolute atomic E-state index is 0.169. The number of amides is 1. The fraction of sp³-hybridized carbons (Fsp3) is 0.500. The van der Waals surface area contributed by atoms with Crippen LogP contribution in [0.5, 0.6) is 0 Å². The Labute approximate surface area is 128 Å². The molecule has 0 saturated heterocycles. The van der Waals surface area contributed by atoms with Gasteiger partial charge in [-0.05, 0) is 53.2 Å². The Morgan fingerprint density at radius 3 is 2.75 bits per heavy atom. The summed E-state index contributed by atoms with van der Waals surface area (Å²) in [5.41, 5.74) is 1.62. The molecular formula is C16H19BrN2O. The van der Waals surface area contributed by atoms with Crippen LogP contribution in [0.1, 0.15) is 48.0 Å². The van der Waals surface area contributed by atoms with E-state index >= 15 is 0 Å². The minimum atomic E-state index is -0.379. The van der Waals surface area contributed by atoms with Gasteiger partial charge in [0.25, 0.3) is 5.91 Å². The van der Waals surface area contributed by atoms with Gasteiger partial charge in [-0.1, -0.05) is 31.4 Å². The lowest BCUT2D eigenvalue weighted by molar-refractivity contribution is 0.0928. The molecule has 0 aromatic heterocycles. The Hall–Kier alpha value is -1.34. The quantitative estimate of drug-likeness (QED) is 0.909. The van der Waals surface area contributed by atoms with Gasteiger partial charge < -0.3 is 5.32 Å². The van der Waals surface area contributed by atoms with E-state index in [0.717, 1.165) is 35.7 Å². The van der Waals surface area contributed by atoms with E-state index in [1.54, 1.807) is 6.07 Å². The maximum absolute atomic E-state index is 12.3. The van der Waals surface area contributed by atoms with Crippen LogP contribution in [0.3, 0.4) is 0 Å².